The molecular formula is C27H34N2O5. The zero-order valence-corrected chi connectivity index (χ0v) is 21.5. The molecular weight excluding hydrogens is 432 g/mol. The summed E-state index contributed by atoms with van der Waals surface area (Å²) in [7, 11) is 0. The van der Waals surface area contributed by atoms with E-state index in [2.05, 4.69) is 0 Å². The molecule has 0 radical (unpaired) electrons. The van der Waals surface area contributed by atoms with Gasteiger partial charge in [0.2, 0.25) is 11.8 Å². The van der Waals surface area contributed by atoms with Crippen LogP contribution in [0.2, 0.25) is 0 Å². The largest absolute Gasteiger partial charge is 0.294 e. The maximum absolute atomic E-state index is 13.2. The summed E-state index contributed by atoms with van der Waals surface area (Å²) in [4.78, 5) is 67.5. The van der Waals surface area contributed by atoms with Gasteiger partial charge in [0.25, 0.3) is 11.8 Å². The molecule has 1 saturated heterocycles. The Hall–Kier alpha value is -3.09. The highest BCUT2D eigenvalue weighted by atomic mass is 16.2. The van der Waals surface area contributed by atoms with Crippen LogP contribution in [-0.2, 0) is 19.2 Å². The standard InChI is InChI=1S/C27H34N2O5/c1-25(2,3)18-13-20(30)28(23(18)33)16-10-15(22(32)27(7,8)9)11-17(12-16)29-21(31)14-19(24(29)34)26(4,5)6/h10-13,19H,14H2,1-9H3. The van der Waals surface area contributed by atoms with Crippen molar-refractivity contribution in [3.8, 4) is 0 Å². The molecule has 0 spiro atoms. The van der Waals surface area contributed by atoms with Crippen molar-refractivity contribution < 1.29 is 24.0 Å². The molecule has 7 heteroatoms. The third-order valence-electron chi connectivity index (χ3n) is 6.28. The number of anilines is 2. The molecule has 0 N–H and O–H groups in total. The Balaban J connectivity index is 2.17. The van der Waals surface area contributed by atoms with Crippen LogP contribution in [0.15, 0.2) is 29.8 Å². The first-order chi connectivity index (χ1) is 15.3. The van der Waals surface area contributed by atoms with Crippen LogP contribution >= 0.6 is 0 Å². The SMILES string of the molecule is CC(C)(C)C(=O)c1cc(N2C(=O)C=C(C(C)(C)C)C2=O)cc(N2C(=O)CC(C(C)(C)C)C2=O)c1. The molecule has 2 aliphatic heterocycles. The van der Waals surface area contributed by atoms with E-state index in [0.717, 1.165) is 9.80 Å². The number of hydrogen-bond acceptors (Lipinski definition) is 5. The molecule has 2 aliphatic rings. The Morgan fingerprint density at radius 2 is 1.35 bits per heavy atom. The Kier molecular flexibility index (Phi) is 6.01. The van der Waals surface area contributed by atoms with E-state index in [1.807, 2.05) is 41.5 Å². The van der Waals surface area contributed by atoms with Gasteiger partial charge in [0, 0.05) is 29.0 Å². The van der Waals surface area contributed by atoms with Crippen molar-refractivity contribution in [1.29, 1.82) is 0 Å². The van der Waals surface area contributed by atoms with Crippen LogP contribution in [0, 0.1) is 22.2 Å². The second-order valence-electron chi connectivity index (χ2n) is 12.3. The molecule has 34 heavy (non-hydrogen) atoms. The van der Waals surface area contributed by atoms with E-state index in [9.17, 15) is 24.0 Å². The predicted octanol–water partition coefficient (Wildman–Crippen LogP) is 4.69. The van der Waals surface area contributed by atoms with Crippen molar-refractivity contribution >= 4 is 40.8 Å². The van der Waals surface area contributed by atoms with E-state index in [4.69, 9.17) is 0 Å². The highest BCUT2D eigenvalue weighted by molar-refractivity contribution is 6.31. The molecule has 0 aliphatic carbocycles. The van der Waals surface area contributed by atoms with Crippen LogP contribution in [0.3, 0.4) is 0 Å². The quantitative estimate of drug-likeness (QED) is 0.476. The van der Waals surface area contributed by atoms with Crippen molar-refractivity contribution in [3.05, 3.63) is 35.4 Å². The maximum atomic E-state index is 13.2. The zero-order valence-electron chi connectivity index (χ0n) is 21.5. The second-order valence-corrected chi connectivity index (χ2v) is 12.3. The average Bonchev–Trinajstić information content (AvgIpc) is 3.14. The first-order valence-corrected chi connectivity index (χ1v) is 11.5. The summed E-state index contributed by atoms with van der Waals surface area (Å²) in [5.41, 5.74) is -0.791. The summed E-state index contributed by atoms with van der Waals surface area (Å²) in [6.45, 7) is 16.5. The van der Waals surface area contributed by atoms with Gasteiger partial charge in [-0.05, 0) is 29.0 Å². The summed E-state index contributed by atoms with van der Waals surface area (Å²) in [6, 6.07) is 4.45. The lowest BCUT2D eigenvalue weighted by atomic mass is 9.80. The number of rotatable bonds is 3. The first-order valence-electron chi connectivity index (χ1n) is 11.5. The molecule has 182 valence electrons. The average molecular weight is 467 g/mol. The highest BCUT2D eigenvalue weighted by Crippen LogP contribution is 2.40. The number of imide groups is 2. The molecule has 0 bridgehead atoms. The minimum atomic E-state index is -0.753. The monoisotopic (exact) mass is 466 g/mol. The van der Waals surface area contributed by atoms with Crippen LogP contribution in [0.4, 0.5) is 11.4 Å². The van der Waals surface area contributed by atoms with E-state index in [1.54, 1.807) is 20.8 Å². The van der Waals surface area contributed by atoms with Crippen LogP contribution in [0.5, 0.6) is 0 Å². The Labute approximate surface area is 201 Å². The summed E-state index contributed by atoms with van der Waals surface area (Å²) in [5.74, 6) is -2.46. The van der Waals surface area contributed by atoms with Gasteiger partial charge in [-0.2, -0.15) is 0 Å². The molecule has 1 aromatic rings. The van der Waals surface area contributed by atoms with Gasteiger partial charge < -0.3 is 0 Å². The first kappa shape index (κ1) is 25.5. The number of hydrogen-bond donors (Lipinski definition) is 0. The van der Waals surface area contributed by atoms with Gasteiger partial charge in [-0.1, -0.05) is 62.3 Å². The topological polar surface area (TPSA) is 91.8 Å². The molecule has 1 fully saturated rings. The van der Waals surface area contributed by atoms with Crippen molar-refractivity contribution in [2.24, 2.45) is 22.2 Å². The Morgan fingerprint density at radius 1 is 0.824 bits per heavy atom. The fourth-order valence-electron chi connectivity index (χ4n) is 4.25. The van der Waals surface area contributed by atoms with Gasteiger partial charge in [-0.15, -0.1) is 0 Å². The number of amides is 4. The lowest BCUT2D eigenvalue weighted by molar-refractivity contribution is -0.124. The predicted molar refractivity (Wildman–Crippen MR) is 130 cm³/mol. The van der Waals surface area contributed by atoms with Crippen LogP contribution < -0.4 is 9.80 Å². The molecule has 2 heterocycles. The van der Waals surface area contributed by atoms with Crippen LogP contribution in [-0.4, -0.2) is 29.4 Å². The smallest absolute Gasteiger partial charge is 0.261 e. The number of Topliss-reactive ketones (excluding diaryl/α,β-unsaturated/α-hetero) is 1. The molecule has 0 saturated carbocycles. The van der Waals surface area contributed by atoms with Crippen molar-refractivity contribution in [2.45, 2.75) is 68.7 Å². The van der Waals surface area contributed by atoms with Crippen LogP contribution in [0.1, 0.15) is 79.1 Å². The minimum Gasteiger partial charge on any atom is -0.294 e. The van der Waals surface area contributed by atoms with E-state index >= 15 is 0 Å². The molecule has 4 amide bonds. The fourth-order valence-corrected chi connectivity index (χ4v) is 4.25. The van der Waals surface area contributed by atoms with Gasteiger partial charge in [-0.25, -0.2) is 4.90 Å². The van der Waals surface area contributed by atoms with E-state index in [1.165, 1.54) is 24.3 Å². The highest BCUT2D eigenvalue weighted by Gasteiger charge is 2.46. The molecule has 0 aromatic heterocycles. The second kappa shape index (κ2) is 8.00. The van der Waals surface area contributed by atoms with Crippen molar-refractivity contribution in [1.82, 2.24) is 0 Å². The van der Waals surface area contributed by atoms with Gasteiger partial charge >= 0.3 is 0 Å². The van der Waals surface area contributed by atoms with E-state index in [0.29, 0.717) is 5.57 Å². The van der Waals surface area contributed by atoms with Gasteiger partial charge in [-0.3, -0.25) is 28.9 Å². The summed E-state index contributed by atoms with van der Waals surface area (Å²) in [5, 5.41) is 0. The number of nitrogens with zero attached hydrogens (tertiary/aromatic N) is 2. The lowest BCUT2D eigenvalue weighted by Crippen LogP contribution is -2.36. The van der Waals surface area contributed by atoms with Gasteiger partial charge in [0.1, 0.15) is 0 Å². The number of benzene rings is 1. The van der Waals surface area contributed by atoms with E-state index < -0.39 is 34.0 Å². The molecule has 7 nitrogen and oxygen atoms in total. The molecule has 1 atom stereocenters. The third kappa shape index (κ3) is 4.48. The van der Waals surface area contributed by atoms with Crippen molar-refractivity contribution in [3.63, 3.8) is 0 Å². The zero-order chi connectivity index (χ0) is 26.0. The summed E-state index contributed by atoms with van der Waals surface area (Å²) in [6.07, 6.45) is 1.37. The van der Waals surface area contributed by atoms with E-state index in [-0.39, 0.29) is 41.0 Å². The molecule has 1 aromatic carbocycles. The molecule has 1 unspecified atom stereocenters. The van der Waals surface area contributed by atoms with Gasteiger partial charge in [0.15, 0.2) is 5.78 Å². The maximum Gasteiger partial charge on any atom is 0.261 e. The lowest BCUT2D eigenvalue weighted by Gasteiger charge is -2.26. The third-order valence-corrected chi connectivity index (χ3v) is 6.28. The Bertz CT molecular complexity index is 1120. The van der Waals surface area contributed by atoms with Crippen molar-refractivity contribution in [2.75, 3.05) is 9.80 Å². The summed E-state index contributed by atoms with van der Waals surface area (Å²) < 4.78 is 0. The normalized spacial score (nSPS) is 19.9. The van der Waals surface area contributed by atoms with Gasteiger partial charge in [0.05, 0.1) is 17.3 Å². The minimum absolute atomic E-state index is 0.0619. The fraction of sp³-hybridized carbons (Fsp3) is 0.519. The number of carbonyl (C=O) groups is 5. The number of ketones is 1. The van der Waals surface area contributed by atoms with Crippen LogP contribution in [0.25, 0.3) is 0 Å². The molecule has 3 rings (SSSR count). The summed E-state index contributed by atoms with van der Waals surface area (Å²) >= 11 is 0. The Morgan fingerprint density at radius 3 is 1.76 bits per heavy atom. The number of carbonyl (C=O) groups excluding carboxylic acids is 5.